The quantitative estimate of drug-likeness (QED) is 0.625. The van der Waals surface area contributed by atoms with Gasteiger partial charge in [0.1, 0.15) is 11.5 Å². The van der Waals surface area contributed by atoms with Gasteiger partial charge in [0.15, 0.2) is 0 Å². The Bertz CT molecular complexity index is 1210. The van der Waals surface area contributed by atoms with Crippen molar-refractivity contribution >= 4 is 31.6 Å². The van der Waals surface area contributed by atoms with Gasteiger partial charge in [0.05, 0.1) is 30.6 Å². The van der Waals surface area contributed by atoms with Gasteiger partial charge in [-0.25, -0.2) is 25.9 Å². The molecule has 2 aromatic rings. The number of anilines is 1. The van der Waals surface area contributed by atoms with Gasteiger partial charge in [-0.1, -0.05) is 0 Å². The number of sulfonamides is 2. The van der Waals surface area contributed by atoms with Crippen molar-refractivity contribution in [2.24, 2.45) is 0 Å². The molecule has 1 fully saturated rings. The fraction of sp³-hybridized carbons (Fsp3) is 0.350. The lowest BCUT2D eigenvalue weighted by Crippen LogP contribution is -2.30. The van der Waals surface area contributed by atoms with Crippen LogP contribution in [0.1, 0.15) is 17.5 Å². The number of methoxy groups -OCH3 is 2. The zero-order valence-electron chi connectivity index (χ0n) is 17.4. The topological polar surface area (TPSA) is 119 Å². The molecule has 1 heterocycles. The highest BCUT2D eigenvalue weighted by Gasteiger charge is 2.36. The van der Waals surface area contributed by atoms with E-state index in [4.69, 9.17) is 9.47 Å². The molecule has 0 radical (unpaired) electrons. The van der Waals surface area contributed by atoms with Gasteiger partial charge >= 0.3 is 0 Å². The smallest absolute Gasteiger partial charge is 0.242 e. The van der Waals surface area contributed by atoms with Crippen LogP contribution in [0.2, 0.25) is 0 Å². The largest absolute Gasteiger partial charge is 0.497 e. The van der Waals surface area contributed by atoms with Crippen molar-refractivity contribution in [3.63, 3.8) is 0 Å². The van der Waals surface area contributed by atoms with Crippen molar-refractivity contribution in [2.75, 3.05) is 30.8 Å². The van der Waals surface area contributed by atoms with Crippen molar-refractivity contribution in [3.8, 4) is 11.5 Å². The Morgan fingerprint density at radius 3 is 2.42 bits per heavy atom. The van der Waals surface area contributed by atoms with Crippen molar-refractivity contribution in [1.82, 2.24) is 4.72 Å². The standard InChI is InChI=1S/C20H24N2O7S2/c1-14-12-16(22-20(23)9-11-30(22,24)25)4-7-19(14)31(26,27)21-10-8-15-13-17(28-2)5-6-18(15)29-3/h4-7,12-13,21H,8-11H2,1-3H3. The minimum atomic E-state index is -3.85. The second-order valence-corrected chi connectivity index (χ2v) is 10.7. The van der Waals surface area contributed by atoms with Gasteiger partial charge in [-0.05, 0) is 60.9 Å². The zero-order chi connectivity index (χ0) is 22.8. The van der Waals surface area contributed by atoms with Crippen molar-refractivity contribution in [3.05, 3.63) is 47.5 Å². The van der Waals surface area contributed by atoms with Gasteiger partial charge in [0.25, 0.3) is 0 Å². The molecule has 11 heteroatoms. The molecule has 1 amide bonds. The van der Waals surface area contributed by atoms with Gasteiger partial charge in [0.2, 0.25) is 26.0 Å². The Morgan fingerprint density at radius 1 is 1.10 bits per heavy atom. The number of aryl methyl sites for hydroxylation is 1. The molecule has 31 heavy (non-hydrogen) atoms. The van der Waals surface area contributed by atoms with Crippen LogP contribution in [0.5, 0.6) is 11.5 Å². The first kappa shape index (κ1) is 23.0. The number of amides is 1. The normalized spacial score (nSPS) is 15.8. The van der Waals surface area contributed by atoms with Crippen molar-refractivity contribution in [1.29, 1.82) is 0 Å². The predicted molar refractivity (Wildman–Crippen MR) is 116 cm³/mol. The van der Waals surface area contributed by atoms with E-state index in [1.165, 1.54) is 25.3 Å². The molecule has 3 rings (SSSR count). The van der Waals surface area contributed by atoms with Crippen LogP contribution in [0.15, 0.2) is 41.3 Å². The molecule has 2 aromatic carbocycles. The Hall–Kier alpha value is -2.63. The maximum atomic E-state index is 12.8. The molecule has 1 aliphatic rings. The number of rotatable bonds is 8. The SMILES string of the molecule is COc1ccc(OC)c(CCNS(=O)(=O)c2ccc(N3C(=O)CCS3(=O)=O)cc2C)c1. The Labute approximate surface area is 182 Å². The first-order valence-electron chi connectivity index (χ1n) is 9.46. The van der Waals surface area contributed by atoms with Gasteiger partial charge < -0.3 is 9.47 Å². The summed E-state index contributed by atoms with van der Waals surface area (Å²) < 4.78 is 63.5. The third-order valence-corrected chi connectivity index (χ3v) is 8.25. The minimum absolute atomic E-state index is 0.0119. The maximum absolute atomic E-state index is 12.8. The van der Waals surface area contributed by atoms with Gasteiger partial charge in [-0.2, -0.15) is 0 Å². The highest BCUT2D eigenvalue weighted by atomic mass is 32.2. The van der Waals surface area contributed by atoms with Crippen LogP contribution in [0.25, 0.3) is 0 Å². The first-order chi connectivity index (χ1) is 14.6. The number of ether oxygens (including phenoxy) is 2. The summed E-state index contributed by atoms with van der Waals surface area (Å²) in [6, 6.07) is 9.30. The number of carbonyl (C=O) groups excluding carboxylic acids is 1. The summed E-state index contributed by atoms with van der Waals surface area (Å²) in [5.41, 5.74) is 1.26. The van der Waals surface area contributed by atoms with E-state index in [9.17, 15) is 21.6 Å². The summed E-state index contributed by atoms with van der Waals surface area (Å²) in [5, 5.41) is 0. The van der Waals surface area contributed by atoms with Gasteiger partial charge in [0, 0.05) is 13.0 Å². The molecular formula is C20H24N2O7S2. The number of hydrogen-bond acceptors (Lipinski definition) is 7. The second-order valence-electron chi connectivity index (χ2n) is 7.00. The maximum Gasteiger partial charge on any atom is 0.242 e. The molecular weight excluding hydrogens is 444 g/mol. The third kappa shape index (κ3) is 4.83. The molecule has 0 aromatic heterocycles. The minimum Gasteiger partial charge on any atom is -0.497 e. The fourth-order valence-corrected chi connectivity index (χ4v) is 6.11. The van der Waals surface area contributed by atoms with E-state index in [0.29, 0.717) is 23.5 Å². The lowest BCUT2D eigenvalue weighted by molar-refractivity contribution is -0.116. The Kier molecular flexibility index (Phi) is 6.58. The summed E-state index contributed by atoms with van der Waals surface area (Å²) in [5.74, 6) is 0.481. The Balaban J connectivity index is 1.76. The molecule has 1 saturated heterocycles. The van der Waals surface area contributed by atoms with Crippen molar-refractivity contribution < 1.29 is 31.1 Å². The molecule has 0 aliphatic carbocycles. The molecule has 0 saturated carbocycles. The molecule has 0 bridgehead atoms. The fourth-order valence-electron chi connectivity index (χ4n) is 3.41. The van der Waals surface area contributed by atoms with E-state index in [1.807, 2.05) is 0 Å². The van der Waals surface area contributed by atoms with Crippen LogP contribution in [0.4, 0.5) is 5.69 Å². The van der Waals surface area contributed by atoms with E-state index >= 15 is 0 Å². The van der Waals surface area contributed by atoms with E-state index in [1.54, 1.807) is 32.2 Å². The molecule has 9 nitrogen and oxygen atoms in total. The summed E-state index contributed by atoms with van der Waals surface area (Å²) in [4.78, 5) is 12.0. The highest BCUT2D eigenvalue weighted by molar-refractivity contribution is 7.94. The van der Waals surface area contributed by atoms with E-state index in [-0.39, 0.29) is 29.3 Å². The van der Waals surface area contributed by atoms with Crippen LogP contribution < -0.4 is 18.5 Å². The van der Waals surface area contributed by atoms with Crippen LogP contribution in [-0.2, 0) is 31.3 Å². The van der Waals surface area contributed by atoms with E-state index < -0.39 is 26.0 Å². The first-order valence-corrected chi connectivity index (χ1v) is 12.6. The molecule has 0 unspecified atom stereocenters. The van der Waals surface area contributed by atoms with Gasteiger partial charge in [-0.3, -0.25) is 4.79 Å². The summed E-state index contributed by atoms with van der Waals surface area (Å²) in [6.45, 7) is 1.67. The number of nitrogens with zero attached hydrogens (tertiary/aromatic N) is 1. The van der Waals surface area contributed by atoms with Crippen LogP contribution >= 0.6 is 0 Å². The Morgan fingerprint density at radius 2 is 1.84 bits per heavy atom. The third-order valence-electron chi connectivity index (χ3n) is 4.94. The molecule has 1 aliphatic heterocycles. The molecule has 1 N–H and O–H groups in total. The van der Waals surface area contributed by atoms with Crippen LogP contribution in [0.3, 0.4) is 0 Å². The van der Waals surface area contributed by atoms with E-state index in [2.05, 4.69) is 4.72 Å². The highest BCUT2D eigenvalue weighted by Crippen LogP contribution is 2.29. The number of carbonyl (C=O) groups is 1. The number of hydrogen-bond donors (Lipinski definition) is 1. The average molecular weight is 469 g/mol. The van der Waals surface area contributed by atoms with Crippen LogP contribution in [0, 0.1) is 6.92 Å². The van der Waals surface area contributed by atoms with Crippen molar-refractivity contribution in [2.45, 2.75) is 24.7 Å². The molecule has 0 spiro atoms. The number of nitrogens with one attached hydrogen (secondary N) is 1. The predicted octanol–water partition coefficient (Wildman–Crippen LogP) is 1.60. The van der Waals surface area contributed by atoms with Crippen LogP contribution in [-0.4, -0.2) is 49.3 Å². The summed E-state index contributed by atoms with van der Waals surface area (Å²) in [7, 11) is -4.49. The average Bonchev–Trinajstić information content (AvgIpc) is 2.99. The molecule has 168 valence electrons. The zero-order valence-corrected chi connectivity index (χ0v) is 19.0. The molecule has 0 atom stereocenters. The lowest BCUT2D eigenvalue weighted by Gasteiger charge is -2.17. The lowest BCUT2D eigenvalue weighted by atomic mass is 10.1. The van der Waals surface area contributed by atoms with E-state index in [0.717, 1.165) is 9.87 Å². The number of benzene rings is 2. The van der Waals surface area contributed by atoms with Gasteiger partial charge in [-0.15, -0.1) is 0 Å². The monoisotopic (exact) mass is 468 g/mol. The second kappa shape index (κ2) is 8.85. The summed E-state index contributed by atoms with van der Waals surface area (Å²) in [6.07, 6.45) is 0.286. The summed E-state index contributed by atoms with van der Waals surface area (Å²) >= 11 is 0.